The second-order valence-corrected chi connectivity index (χ2v) is 8.42. The molecule has 6 heteroatoms. The molecule has 0 radical (unpaired) electrons. The Kier molecular flexibility index (Phi) is 5.25. The van der Waals surface area contributed by atoms with Crippen molar-refractivity contribution in [2.75, 3.05) is 6.54 Å². The summed E-state index contributed by atoms with van der Waals surface area (Å²) in [6.45, 7) is 10.3. The SMILES string of the molecule is CCC(C)NC(=O)CN1C(=O)NC2(CCC(C(C)(C)C)CC2)C1=O. The molecular formula is C18H31N3O3. The van der Waals surface area contributed by atoms with Crippen LogP contribution < -0.4 is 10.6 Å². The normalized spacial score (nSPS) is 28.9. The van der Waals surface area contributed by atoms with Gasteiger partial charge in [-0.25, -0.2) is 4.79 Å². The third-order valence-electron chi connectivity index (χ3n) is 5.63. The zero-order chi connectivity index (χ0) is 18.1. The number of hydrogen-bond acceptors (Lipinski definition) is 3. The molecule has 1 saturated heterocycles. The molecular weight excluding hydrogens is 306 g/mol. The standard InChI is InChI=1S/C18H31N3O3/c1-6-12(2)19-14(22)11-21-15(23)18(20-16(21)24)9-7-13(8-10-18)17(3,4)5/h12-13H,6-11H2,1-5H3,(H,19,22)(H,20,24). The minimum atomic E-state index is -0.796. The Morgan fingerprint density at radius 2 is 1.92 bits per heavy atom. The summed E-state index contributed by atoms with van der Waals surface area (Å²) in [7, 11) is 0. The molecule has 1 aliphatic carbocycles. The summed E-state index contributed by atoms with van der Waals surface area (Å²) in [5, 5.41) is 5.67. The van der Waals surface area contributed by atoms with Crippen molar-refractivity contribution in [1.29, 1.82) is 0 Å². The molecule has 136 valence electrons. The molecule has 24 heavy (non-hydrogen) atoms. The number of nitrogens with zero attached hydrogens (tertiary/aromatic N) is 1. The first-order valence-electron chi connectivity index (χ1n) is 9.02. The Labute approximate surface area is 144 Å². The minimum absolute atomic E-state index is 0.0365. The molecule has 1 heterocycles. The number of urea groups is 1. The Morgan fingerprint density at radius 3 is 2.42 bits per heavy atom. The average molecular weight is 337 g/mol. The summed E-state index contributed by atoms with van der Waals surface area (Å²) in [6, 6.07) is -0.400. The van der Waals surface area contributed by atoms with E-state index >= 15 is 0 Å². The maximum atomic E-state index is 12.8. The van der Waals surface area contributed by atoms with Crippen LogP contribution in [0.5, 0.6) is 0 Å². The summed E-state index contributed by atoms with van der Waals surface area (Å²) in [6.07, 6.45) is 3.96. The second kappa shape index (κ2) is 6.73. The van der Waals surface area contributed by atoms with Gasteiger partial charge in [0.1, 0.15) is 12.1 Å². The Hall–Kier alpha value is -1.59. The quantitative estimate of drug-likeness (QED) is 0.773. The predicted octanol–water partition coefficient (Wildman–Crippen LogP) is 2.43. The van der Waals surface area contributed by atoms with E-state index in [1.165, 1.54) is 0 Å². The monoisotopic (exact) mass is 337 g/mol. The first-order chi connectivity index (χ1) is 11.1. The average Bonchev–Trinajstić information content (AvgIpc) is 2.71. The van der Waals surface area contributed by atoms with Gasteiger partial charge in [-0.05, 0) is 50.4 Å². The molecule has 2 fully saturated rings. The highest BCUT2D eigenvalue weighted by molar-refractivity contribution is 6.09. The van der Waals surface area contributed by atoms with Gasteiger partial charge in [0.25, 0.3) is 5.91 Å². The molecule has 1 aliphatic heterocycles. The highest BCUT2D eigenvalue weighted by atomic mass is 16.2. The molecule has 0 aromatic rings. The fraction of sp³-hybridized carbons (Fsp3) is 0.833. The van der Waals surface area contributed by atoms with Crippen LogP contribution in [0.4, 0.5) is 4.79 Å². The fourth-order valence-corrected chi connectivity index (χ4v) is 3.70. The van der Waals surface area contributed by atoms with Crippen molar-refractivity contribution in [1.82, 2.24) is 15.5 Å². The fourth-order valence-electron chi connectivity index (χ4n) is 3.70. The van der Waals surface area contributed by atoms with Gasteiger partial charge in [0.15, 0.2) is 0 Å². The lowest BCUT2D eigenvalue weighted by molar-refractivity contribution is -0.136. The molecule has 0 aromatic heterocycles. The first-order valence-corrected chi connectivity index (χ1v) is 9.02. The predicted molar refractivity (Wildman–Crippen MR) is 92.3 cm³/mol. The third-order valence-corrected chi connectivity index (χ3v) is 5.63. The molecule has 1 spiro atoms. The van der Waals surface area contributed by atoms with E-state index in [1.807, 2.05) is 13.8 Å². The largest absolute Gasteiger partial charge is 0.352 e. The summed E-state index contributed by atoms with van der Waals surface area (Å²) >= 11 is 0. The van der Waals surface area contributed by atoms with Gasteiger partial charge in [0, 0.05) is 6.04 Å². The van der Waals surface area contributed by atoms with Crippen LogP contribution in [0.3, 0.4) is 0 Å². The molecule has 2 aliphatic rings. The van der Waals surface area contributed by atoms with Gasteiger partial charge in [-0.1, -0.05) is 27.7 Å². The van der Waals surface area contributed by atoms with Gasteiger partial charge >= 0.3 is 6.03 Å². The summed E-state index contributed by atoms with van der Waals surface area (Å²) in [5.74, 6) is 0.0306. The number of nitrogens with one attached hydrogen (secondary N) is 2. The van der Waals surface area contributed by atoms with Crippen LogP contribution in [-0.4, -0.2) is 40.9 Å². The van der Waals surface area contributed by atoms with Crippen molar-refractivity contribution < 1.29 is 14.4 Å². The molecule has 2 N–H and O–H groups in total. The second-order valence-electron chi connectivity index (χ2n) is 8.42. The summed E-state index contributed by atoms with van der Waals surface area (Å²) in [5.41, 5.74) is -0.585. The van der Waals surface area contributed by atoms with Crippen LogP contribution >= 0.6 is 0 Å². The third kappa shape index (κ3) is 3.73. The number of rotatable bonds is 4. The van der Waals surface area contributed by atoms with Crippen LogP contribution in [0.25, 0.3) is 0 Å². The van der Waals surface area contributed by atoms with E-state index in [2.05, 4.69) is 31.4 Å². The van der Waals surface area contributed by atoms with Crippen LogP contribution in [0.2, 0.25) is 0 Å². The number of amides is 4. The van der Waals surface area contributed by atoms with E-state index in [4.69, 9.17) is 0 Å². The van der Waals surface area contributed by atoms with Crippen LogP contribution in [0.15, 0.2) is 0 Å². The first kappa shape index (κ1) is 18.7. The topological polar surface area (TPSA) is 78.5 Å². The number of carbonyl (C=O) groups excluding carboxylic acids is 3. The van der Waals surface area contributed by atoms with Gasteiger partial charge in [0.2, 0.25) is 5.91 Å². The van der Waals surface area contributed by atoms with E-state index in [9.17, 15) is 14.4 Å². The molecule has 1 saturated carbocycles. The van der Waals surface area contributed by atoms with Crippen molar-refractivity contribution >= 4 is 17.8 Å². The van der Waals surface area contributed by atoms with Crippen LogP contribution in [0.1, 0.15) is 66.7 Å². The molecule has 4 amide bonds. The van der Waals surface area contributed by atoms with Gasteiger partial charge in [-0.3, -0.25) is 14.5 Å². The zero-order valence-electron chi connectivity index (χ0n) is 15.6. The smallest absolute Gasteiger partial charge is 0.325 e. The minimum Gasteiger partial charge on any atom is -0.352 e. The highest BCUT2D eigenvalue weighted by Crippen LogP contribution is 2.43. The van der Waals surface area contributed by atoms with E-state index in [-0.39, 0.29) is 29.8 Å². The van der Waals surface area contributed by atoms with E-state index in [0.717, 1.165) is 24.2 Å². The molecule has 0 aromatic carbocycles. The van der Waals surface area contributed by atoms with Gasteiger partial charge in [-0.15, -0.1) is 0 Å². The Balaban J connectivity index is 2.00. The summed E-state index contributed by atoms with van der Waals surface area (Å²) in [4.78, 5) is 38.2. The van der Waals surface area contributed by atoms with Crippen molar-refractivity contribution in [3.05, 3.63) is 0 Å². The van der Waals surface area contributed by atoms with Crippen LogP contribution in [0, 0.1) is 11.3 Å². The van der Waals surface area contributed by atoms with Crippen molar-refractivity contribution in [2.45, 2.75) is 78.3 Å². The van der Waals surface area contributed by atoms with E-state index < -0.39 is 11.6 Å². The molecule has 0 bridgehead atoms. The lowest BCUT2D eigenvalue weighted by Crippen LogP contribution is -2.51. The van der Waals surface area contributed by atoms with Crippen molar-refractivity contribution in [3.8, 4) is 0 Å². The Morgan fingerprint density at radius 1 is 1.33 bits per heavy atom. The van der Waals surface area contributed by atoms with E-state index in [0.29, 0.717) is 18.8 Å². The maximum absolute atomic E-state index is 12.8. The Bertz CT molecular complexity index is 516. The van der Waals surface area contributed by atoms with Gasteiger partial charge in [0.05, 0.1) is 0 Å². The number of carbonyl (C=O) groups is 3. The molecule has 1 unspecified atom stereocenters. The number of hydrogen-bond donors (Lipinski definition) is 2. The summed E-state index contributed by atoms with van der Waals surface area (Å²) < 4.78 is 0. The van der Waals surface area contributed by atoms with E-state index in [1.54, 1.807) is 0 Å². The van der Waals surface area contributed by atoms with Crippen LogP contribution in [-0.2, 0) is 9.59 Å². The van der Waals surface area contributed by atoms with Crippen molar-refractivity contribution in [2.24, 2.45) is 11.3 Å². The lowest BCUT2D eigenvalue weighted by atomic mass is 9.67. The molecule has 6 nitrogen and oxygen atoms in total. The lowest BCUT2D eigenvalue weighted by Gasteiger charge is -2.40. The van der Waals surface area contributed by atoms with Gasteiger partial charge < -0.3 is 10.6 Å². The van der Waals surface area contributed by atoms with Crippen molar-refractivity contribution in [3.63, 3.8) is 0 Å². The zero-order valence-corrected chi connectivity index (χ0v) is 15.6. The highest BCUT2D eigenvalue weighted by Gasteiger charge is 2.53. The molecule has 2 rings (SSSR count). The number of imide groups is 1. The maximum Gasteiger partial charge on any atom is 0.325 e. The molecule has 1 atom stereocenters. The van der Waals surface area contributed by atoms with Gasteiger partial charge in [-0.2, -0.15) is 0 Å².